The molecule has 0 saturated carbocycles. The first-order valence-electron chi connectivity index (χ1n) is 33.4. The summed E-state index contributed by atoms with van der Waals surface area (Å²) in [5.41, 5.74) is -10.9. The second-order valence-corrected chi connectivity index (χ2v) is 27.8. The average Bonchev–Trinajstić information content (AvgIpc) is 0.772. The zero-order valence-electron chi connectivity index (χ0n) is 59.0. The lowest BCUT2D eigenvalue weighted by molar-refractivity contribution is -0.144. The van der Waals surface area contributed by atoms with Crippen molar-refractivity contribution in [3.05, 3.63) is 183 Å². The van der Waals surface area contributed by atoms with Crippen molar-refractivity contribution in [2.24, 2.45) is 0 Å². The molecule has 14 nitrogen and oxygen atoms in total. The number of alkyl halides is 14. The van der Waals surface area contributed by atoms with Crippen LogP contribution in [0, 0.1) is 53.2 Å². The smallest absolute Gasteiger partial charge is 0.419 e. The maximum atomic E-state index is 16.1. The van der Waals surface area contributed by atoms with Crippen molar-refractivity contribution in [2.75, 3.05) is 45.9 Å². The minimum atomic E-state index is -5.25. The van der Waals surface area contributed by atoms with Crippen molar-refractivity contribution in [3.63, 3.8) is 0 Å². The largest absolute Gasteiger partial charge is 0.481 e. The predicted octanol–water partition coefficient (Wildman–Crippen LogP) is 16.2. The fourth-order valence-corrected chi connectivity index (χ4v) is 13.3. The Morgan fingerprint density at radius 3 is 1.10 bits per heavy atom. The van der Waals surface area contributed by atoms with Crippen molar-refractivity contribution in [2.45, 2.75) is 188 Å². The van der Waals surface area contributed by atoms with Crippen LogP contribution in [0.5, 0.6) is 0 Å². The second-order valence-electron chi connectivity index (χ2n) is 27.8. The van der Waals surface area contributed by atoms with Crippen molar-refractivity contribution in [3.8, 4) is 22.3 Å². The Morgan fingerprint density at radius 1 is 0.490 bits per heavy atom. The summed E-state index contributed by atoms with van der Waals surface area (Å²) in [6.07, 6.45) is -20.9. The van der Waals surface area contributed by atoms with Crippen LogP contribution < -0.4 is 21.8 Å². The maximum Gasteiger partial charge on any atom is 0.419 e. The first-order valence-corrected chi connectivity index (χ1v) is 33.4. The van der Waals surface area contributed by atoms with Crippen molar-refractivity contribution < 1.29 is 99.3 Å². The van der Waals surface area contributed by atoms with E-state index in [1.807, 2.05) is 9.80 Å². The molecule has 2 saturated heterocycles. The Balaban J connectivity index is 0.000000291. The number of carbonyl (C=O) groups is 4. The summed E-state index contributed by atoms with van der Waals surface area (Å²) in [4.78, 5) is 83.1. The van der Waals surface area contributed by atoms with E-state index in [1.165, 1.54) is 6.92 Å². The lowest BCUT2D eigenvalue weighted by Crippen LogP contribution is -2.42. The lowest BCUT2D eigenvalue weighted by atomic mass is 9.89. The van der Waals surface area contributed by atoms with Gasteiger partial charge in [-0.2, -0.15) is 52.7 Å². The molecule has 0 spiro atoms. The van der Waals surface area contributed by atoms with E-state index in [0.717, 1.165) is 76.2 Å². The van der Waals surface area contributed by atoms with Crippen LogP contribution in [0.3, 0.4) is 0 Å². The number of nitrogens with zero attached hydrogens (tertiary/aromatic N) is 4. The van der Waals surface area contributed by atoms with Crippen LogP contribution >= 0.6 is 0 Å². The standard InChI is InChI=1S/C38H43F8N3O4.C36H39F8N3O4/c1-7-53-32(51)18-29(26-15-25(16-28(34(26)39)38(44,45)46)33-22(3)13-21(2)14-23(33)4)47-35(52)30(19-36(5,6)40)49-20-24(9-12-48-10-8-11-48)27(17-31(49)50)37(41,42)43;1-19-11-20(2)31(21(3)12-19)23-13-24(32(37)26(14-23)36(42,43)44)27(16-30(49)50)45-33(51)28(17-34(4,5)38)47-18-22(7-10-46-8-6-9-46)25(15-29(47)48)35(39,40)41/h13-17,20,29-30H,7-12,18-19H2,1-6H3,(H,47,52);11-15,18,27-28H,6-10,16-17H2,1-5H3,(H,45,51)(H,49,50)/t29-,30?;27-,28?/m00/s1. The minimum Gasteiger partial charge on any atom is -0.481 e. The number of benzene rings is 4. The highest BCUT2D eigenvalue weighted by molar-refractivity contribution is 5.84. The number of halogens is 16. The Labute approximate surface area is 589 Å². The van der Waals surface area contributed by atoms with Crippen LogP contribution in [0.2, 0.25) is 0 Å². The summed E-state index contributed by atoms with van der Waals surface area (Å²) in [5.74, 6) is -8.89. The van der Waals surface area contributed by atoms with Crippen LogP contribution in [0.25, 0.3) is 22.3 Å². The van der Waals surface area contributed by atoms with Gasteiger partial charge in [-0.05, 0) is 208 Å². The molecule has 2 aliphatic rings. The molecular weight excluding hydrogens is 1400 g/mol. The van der Waals surface area contributed by atoms with Gasteiger partial charge in [0.05, 0.1) is 53.8 Å². The van der Waals surface area contributed by atoms with Gasteiger partial charge >= 0.3 is 36.6 Å². The van der Waals surface area contributed by atoms with E-state index in [2.05, 4.69) is 10.6 Å². The number of aryl methyl sites for hydroxylation is 6. The molecule has 2 unspecified atom stereocenters. The van der Waals surface area contributed by atoms with Crippen LogP contribution in [0.1, 0.15) is 175 Å². The number of carboxylic acids is 1. The van der Waals surface area contributed by atoms with E-state index in [-0.39, 0.29) is 60.9 Å². The van der Waals surface area contributed by atoms with E-state index in [4.69, 9.17) is 4.74 Å². The fourth-order valence-electron chi connectivity index (χ4n) is 13.3. The highest BCUT2D eigenvalue weighted by Crippen LogP contribution is 2.44. The molecule has 104 heavy (non-hydrogen) atoms. The summed E-state index contributed by atoms with van der Waals surface area (Å²) in [6.45, 7) is 18.7. The zero-order valence-corrected chi connectivity index (χ0v) is 59.0. The zero-order chi connectivity index (χ0) is 77.8. The van der Waals surface area contributed by atoms with Gasteiger partial charge in [0.15, 0.2) is 0 Å². The molecule has 2 aromatic heterocycles. The molecule has 8 rings (SSSR count). The van der Waals surface area contributed by atoms with Gasteiger partial charge in [-0.1, -0.05) is 35.4 Å². The molecule has 0 aliphatic carbocycles. The number of ether oxygens (including phenoxy) is 1. The molecule has 2 amide bonds. The summed E-state index contributed by atoms with van der Waals surface area (Å²) >= 11 is 0. The average molecular weight is 1490 g/mol. The Hall–Kier alpha value is -8.54. The topological polar surface area (TPSA) is 172 Å². The summed E-state index contributed by atoms with van der Waals surface area (Å²) < 4.78 is 239. The van der Waals surface area contributed by atoms with Crippen molar-refractivity contribution in [1.29, 1.82) is 0 Å². The van der Waals surface area contributed by atoms with Gasteiger partial charge in [0.1, 0.15) is 35.1 Å². The number of pyridine rings is 2. The quantitative estimate of drug-likeness (QED) is 0.0370. The van der Waals surface area contributed by atoms with Gasteiger partial charge in [-0.15, -0.1) is 0 Å². The fraction of sp³-hybridized carbons (Fsp3) is 0.486. The number of amides is 2. The van der Waals surface area contributed by atoms with E-state index >= 15 is 17.6 Å². The van der Waals surface area contributed by atoms with E-state index in [9.17, 15) is 86.6 Å². The van der Waals surface area contributed by atoms with Gasteiger partial charge in [-0.25, -0.2) is 17.6 Å². The maximum absolute atomic E-state index is 16.1. The van der Waals surface area contributed by atoms with E-state index in [0.29, 0.717) is 86.9 Å². The van der Waals surface area contributed by atoms with Gasteiger partial charge < -0.3 is 39.4 Å². The van der Waals surface area contributed by atoms with Crippen molar-refractivity contribution >= 4 is 23.8 Å². The van der Waals surface area contributed by atoms with Crippen LogP contribution in [-0.2, 0) is 61.5 Å². The SMILES string of the molecule is CCOC(=O)C[C@H](NC(=O)C(CC(C)(C)F)n1cc(CCN2CCC2)c(C(F)(F)F)cc1=O)c1cc(-c2c(C)cc(C)cc2C)cc(C(F)(F)F)c1F.Cc1cc(C)c(-c2cc([C@H](CC(=O)O)NC(=O)C(CC(C)(C)F)n3cc(CCN4CCC4)c(C(F)(F)F)cc3=O)c(F)c(C(F)(F)F)c2)c(C)c1. The number of aliphatic carboxylic acids is 1. The molecule has 4 aromatic carbocycles. The van der Waals surface area contributed by atoms with Crippen LogP contribution in [0.15, 0.2) is 82.6 Å². The number of hydrogen-bond donors (Lipinski definition) is 3. The molecular formula is C74H82F16N6O8. The number of nitrogens with one attached hydrogen (secondary N) is 2. The number of rotatable bonds is 25. The van der Waals surface area contributed by atoms with E-state index < -0.39 is 166 Å². The number of hydrogen-bond acceptors (Lipinski definition) is 9. The van der Waals surface area contributed by atoms with Gasteiger partial charge in [0.25, 0.3) is 11.1 Å². The highest BCUT2D eigenvalue weighted by Gasteiger charge is 2.43. The lowest BCUT2D eigenvalue weighted by Gasteiger charge is -2.31. The third kappa shape index (κ3) is 21.1. The Bertz CT molecular complexity index is 4240. The van der Waals surface area contributed by atoms with E-state index in [1.54, 1.807) is 65.8 Å². The predicted molar refractivity (Wildman–Crippen MR) is 356 cm³/mol. The Morgan fingerprint density at radius 2 is 0.817 bits per heavy atom. The molecule has 2 aliphatic heterocycles. The molecule has 568 valence electrons. The first kappa shape index (κ1) is 82.7. The third-order valence-corrected chi connectivity index (χ3v) is 18.0. The third-order valence-electron chi connectivity index (χ3n) is 18.0. The molecule has 4 atom stereocenters. The summed E-state index contributed by atoms with van der Waals surface area (Å²) in [5, 5.41) is 14.3. The highest BCUT2D eigenvalue weighted by atomic mass is 19.4. The number of likely N-dealkylation sites (tertiary alicyclic amines) is 2. The van der Waals surface area contributed by atoms with Gasteiger partial charge in [0.2, 0.25) is 11.8 Å². The number of esters is 1. The first-order chi connectivity index (χ1) is 48.0. The van der Waals surface area contributed by atoms with Crippen molar-refractivity contribution in [1.82, 2.24) is 29.6 Å². The van der Waals surface area contributed by atoms with Crippen LogP contribution in [0.4, 0.5) is 70.2 Å². The summed E-state index contributed by atoms with van der Waals surface area (Å²) in [7, 11) is 0. The van der Waals surface area contributed by atoms with Crippen LogP contribution in [-0.4, -0.2) is 105 Å². The Kier molecular flexibility index (Phi) is 25.8. The normalized spacial score (nSPS) is 15.2. The second kappa shape index (κ2) is 32.4. The molecule has 30 heteroatoms. The molecule has 3 N–H and O–H groups in total. The molecule has 0 bridgehead atoms. The molecule has 2 fully saturated rings. The minimum absolute atomic E-state index is 0.0703. The van der Waals surface area contributed by atoms with Gasteiger partial charge in [-0.3, -0.25) is 28.8 Å². The number of carbonyl (C=O) groups excluding carboxylic acids is 3. The number of carboxylic acid groups (broad SMARTS) is 1. The molecule has 0 radical (unpaired) electrons. The number of aromatic nitrogens is 2. The monoisotopic (exact) mass is 1490 g/mol. The molecule has 6 aromatic rings. The van der Waals surface area contributed by atoms with Gasteiger partial charge in [0, 0.05) is 61.6 Å². The summed E-state index contributed by atoms with van der Waals surface area (Å²) in [6, 6.07) is 3.11. The molecule has 4 heterocycles.